The highest BCUT2D eigenvalue weighted by molar-refractivity contribution is 6.29. The van der Waals surface area contributed by atoms with E-state index in [1.54, 1.807) is 18.3 Å². The molecule has 1 aromatic heterocycles. The fourth-order valence-electron chi connectivity index (χ4n) is 2.09. The molecule has 98 valence electrons. The number of amides is 1. The van der Waals surface area contributed by atoms with Gasteiger partial charge < -0.3 is 10.0 Å². The average molecular weight is 278 g/mol. The summed E-state index contributed by atoms with van der Waals surface area (Å²) in [5, 5.41) is 18.5. The van der Waals surface area contributed by atoms with Gasteiger partial charge in [0.15, 0.2) is 0 Å². The van der Waals surface area contributed by atoms with Gasteiger partial charge in [0.05, 0.1) is 11.6 Å². The summed E-state index contributed by atoms with van der Waals surface area (Å²) in [6, 6.07) is 5.58. The molecule has 1 amide bonds. The maximum absolute atomic E-state index is 10.8. The van der Waals surface area contributed by atoms with Crippen LogP contribution in [0.5, 0.6) is 0 Å². The maximum atomic E-state index is 10.8. The monoisotopic (exact) mass is 277 g/mol. The molecule has 6 heteroatoms. The van der Waals surface area contributed by atoms with Gasteiger partial charge in [-0.15, -0.1) is 0 Å². The van der Waals surface area contributed by atoms with Crippen LogP contribution in [0.4, 0.5) is 4.79 Å². The highest BCUT2D eigenvalue weighted by atomic mass is 35.5. The van der Waals surface area contributed by atoms with Crippen LogP contribution in [0.3, 0.4) is 0 Å². The van der Waals surface area contributed by atoms with Crippen molar-refractivity contribution in [3.8, 4) is 6.07 Å². The van der Waals surface area contributed by atoms with E-state index in [0.29, 0.717) is 36.7 Å². The van der Waals surface area contributed by atoms with E-state index >= 15 is 0 Å². The lowest BCUT2D eigenvalue weighted by Gasteiger charge is -2.26. The minimum atomic E-state index is -0.911. The van der Waals surface area contributed by atoms with Crippen molar-refractivity contribution in [2.24, 2.45) is 0 Å². The molecule has 0 aliphatic carbocycles. The van der Waals surface area contributed by atoms with Crippen LogP contribution in [0.2, 0.25) is 5.15 Å². The molecule has 0 aromatic carbocycles. The van der Waals surface area contributed by atoms with E-state index in [1.165, 1.54) is 4.90 Å². The Kier molecular flexibility index (Phi) is 4.03. The first-order valence-corrected chi connectivity index (χ1v) is 6.21. The zero-order chi connectivity index (χ0) is 13.8. The molecule has 5 nitrogen and oxygen atoms in total. The molecule has 2 rings (SSSR count). The third-order valence-corrected chi connectivity index (χ3v) is 3.34. The minimum Gasteiger partial charge on any atom is -0.465 e. The molecule has 0 atom stereocenters. The number of hydrogen-bond donors (Lipinski definition) is 1. The van der Waals surface area contributed by atoms with Crippen molar-refractivity contribution in [3.05, 3.63) is 34.6 Å². The number of nitriles is 1. The Morgan fingerprint density at radius 1 is 1.42 bits per heavy atom. The van der Waals surface area contributed by atoms with Crippen LogP contribution in [-0.2, 0) is 0 Å². The van der Waals surface area contributed by atoms with Gasteiger partial charge >= 0.3 is 6.09 Å². The summed E-state index contributed by atoms with van der Waals surface area (Å²) in [5.74, 6) is 0. The van der Waals surface area contributed by atoms with Gasteiger partial charge in [-0.1, -0.05) is 11.6 Å². The molecule has 0 spiro atoms. The van der Waals surface area contributed by atoms with Crippen molar-refractivity contribution >= 4 is 23.3 Å². The Bertz CT molecular complexity index is 550. The zero-order valence-corrected chi connectivity index (χ0v) is 10.9. The van der Waals surface area contributed by atoms with Gasteiger partial charge in [0, 0.05) is 24.8 Å². The molecule has 1 fully saturated rings. The molecule has 1 N–H and O–H groups in total. The van der Waals surface area contributed by atoms with Gasteiger partial charge in [0.25, 0.3) is 0 Å². The molecule has 1 aromatic rings. The van der Waals surface area contributed by atoms with Gasteiger partial charge in [0.2, 0.25) is 0 Å². The number of carbonyl (C=O) groups is 1. The number of allylic oxidation sites excluding steroid dienone is 1. The Morgan fingerprint density at radius 3 is 2.58 bits per heavy atom. The number of halogens is 1. The van der Waals surface area contributed by atoms with Gasteiger partial charge in [-0.3, -0.25) is 0 Å². The number of carboxylic acid groups (broad SMARTS) is 1. The first-order chi connectivity index (χ1) is 9.11. The first kappa shape index (κ1) is 13.4. The van der Waals surface area contributed by atoms with Crippen LogP contribution in [0.1, 0.15) is 18.4 Å². The van der Waals surface area contributed by atoms with Crippen molar-refractivity contribution in [2.45, 2.75) is 12.8 Å². The summed E-state index contributed by atoms with van der Waals surface area (Å²) in [4.78, 5) is 16.1. The van der Waals surface area contributed by atoms with Crippen LogP contribution < -0.4 is 0 Å². The second-order valence-electron chi connectivity index (χ2n) is 4.23. The number of pyridine rings is 1. The van der Waals surface area contributed by atoms with E-state index in [0.717, 1.165) is 11.1 Å². The van der Waals surface area contributed by atoms with Crippen LogP contribution >= 0.6 is 11.6 Å². The summed E-state index contributed by atoms with van der Waals surface area (Å²) < 4.78 is 0. The van der Waals surface area contributed by atoms with E-state index in [1.807, 2.05) is 0 Å². The Balaban J connectivity index is 2.23. The van der Waals surface area contributed by atoms with E-state index in [-0.39, 0.29) is 0 Å². The van der Waals surface area contributed by atoms with Crippen LogP contribution in [0.15, 0.2) is 23.9 Å². The third-order valence-electron chi connectivity index (χ3n) is 3.12. The van der Waals surface area contributed by atoms with Crippen LogP contribution in [0.25, 0.3) is 5.57 Å². The van der Waals surface area contributed by atoms with Crippen LogP contribution in [-0.4, -0.2) is 34.2 Å². The van der Waals surface area contributed by atoms with Gasteiger partial charge in [-0.25, -0.2) is 9.78 Å². The van der Waals surface area contributed by atoms with Crippen molar-refractivity contribution < 1.29 is 9.90 Å². The second-order valence-corrected chi connectivity index (χ2v) is 4.62. The Hall–Kier alpha value is -2.06. The number of nitrogens with zero attached hydrogens (tertiary/aromatic N) is 3. The summed E-state index contributed by atoms with van der Waals surface area (Å²) in [5.41, 5.74) is 2.28. The van der Waals surface area contributed by atoms with Gasteiger partial charge in [-0.05, 0) is 30.5 Å². The maximum Gasteiger partial charge on any atom is 0.407 e. The van der Waals surface area contributed by atoms with Gasteiger partial charge in [-0.2, -0.15) is 5.26 Å². The fraction of sp³-hybridized carbons (Fsp3) is 0.308. The number of rotatable bonds is 1. The van der Waals surface area contributed by atoms with Crippen molar-refractivity contribution in [1.82, 2.24) is 9.88 Å². The highest BCUT2D eigenvalue weighted by Gasteiger charge is 2.20. The quantitative estimate of drug-likeness (QED) is 0.632. The van der Waals surface area contributed by atoms with Gasteiger partial charge in [0.1, 0.15) is 5.15 Å². The van der Waals surface area contributed by atoms with E-state index in [4.69, 9.17) is 16.7 Å². The number of piperidine rings is 1. The van der Waals surface area contributed by atoms with Crippen molar-refractivity contribution in [1.29, 1.82) is 5.26 Å². The van der Waals surface area contributed by atoms with Crippen LogP contribution in [0, 0.1) is 11.3 Å². The minimum absolute atomic E-state index is 0.381. The molecular weight excluding hydrogens is 266 g/mol. The predicted molar refractivity (Wildman–Crippen MR) is 70.6 cm³/mol. The molecular formula is C13H12ClN3O2. The summed E-state index contributed by atoms with van der Waals surface area (Å²) in [7, 11) is 0. The lowest BCUT2D eigenvalue weighted by Crippen LogP contribution is -2.35. The molecule has 19 heavy (non-hydrogen) atoms. The standard InChI is InChI=1S/C13H12ClN3O2/c14-12-2-1-10(8-16-12)11(7-15)9-3-5-17(6-4-9)13(18)19/h1-2,8H,3-6H2,(H,18,19). The summed E-state index contributed by atoms with van der Waals surface area (Å²) in [6.07, 6.45) is 1.82. The van der Waals surface area contributed by atoms with E-state index in [9.17, 15) is 10.1 Å². The largest absolute Gasteiger partial charge is 0.465 e. The Labute approximate surface area is 115 Å². The number of likely N-dealkylation sites (tertiary alicyclic amines) is 1. The topological polar surface area (TPSA) is 77.2 Å². The van der Waals surface area contributed by atoms with E-state index in [2.05, 4.69) is 11.1 Å². The van der Waals surface area contributed by atoms with Crippen molar-refractivity contribution in [2.75, 3.05) is 13.1 Å². The first-order valence-electron chi connectivity index (χ1n) is 5.83. The average Bonchev–Trinajstić information content (AvgIpc) is 2.42. The smallest absolute Gasteiger partial charge is 0.407 e. The number of hydrogen-bond acceptors (Lipinski definition) is 3. The normalized spacial score (nSPS) is 14.9. The lowest BCUT2D eigenvalue weighted by molar-refractivity contribution is 0.142. The molecule has 1 saturated heterocycles. The lowest BCUT2D eigenvalue weighted by atomic mass is 9.95. The molecule has 0 bridgehead atoms. The SMILES string of the molecule is N#CC(=C1CCN(C(=O)O)CC1)c1ccc(Cl)nc1. The third kappa shape index (κ3) is 3.04. The van der Waals surface area contributed by atoms with Crippen molar-refractivity contribution in [3.63, 3.8) is 0 Å². The number of aromatic nitrogens is 1. The second kappa shape index (κ2) is 5.72. The molecule has 2 heterocycles. The predicted octanol–water partition coefficient (Wildman–Crippen LogP) is 2.79. The molecule has 1 aliphatic heterocycles. The summed E-state index contributed by atoms with van der Waals surface area (Å²) in [6.45, 7) is 0.855. The Morgan fingerprint density at radius 2 is 2.11 bits per heavy atom. The highest BCUT2D eigenvalue weighted by Crippen LogP contribution is 2.26. The summed E-state index contributed by atoms with van der Waals surface area (Å²) >= 11 is 5.72. The molecule has 0 saturated carbocycles. The molecule has 0 radical (unpaired) electrons. The zero-order valence-electron chi connectivity index (χ0n) is 10.1. The molecule has 1 aliphatic rings. The van der Waals surface area contributed by atoms with E-state index < -0.39 is 6.09 Å². The molecule has 0 unspecified atom stereocenters. The fourth-order valence-corrected chi connectivity index (χ4v) is 2.20.